The summed E-state index contributed by atoms with van der Waals surface area (Å²) in [7, 11) is 2.91. The number of carbonyl (C=O) groups is 1. The van der Waals surface area contributed by atoms with E-state index >= 15 is 0 Å². The van der Waals surface area contributed by atoms with Crippen molar-refractivity contribution in [3.63, 3.8) is 0 Å². The zero-order valence-corrected chi connectivity index (χ0v) is 15.7. The second-order valence-electron chi connectivity index (χ2n) is 4.73. The molecule has 0 aliphatic rings. The van der Waals surface area contributed by atoms with Gasteiger partial charge in [0.2, 0.25) is 0 Å². The lowest BCUT2D eigenvalue weighted by Gasteiger charge is -2.12. The van der Waals surface area contributed by atoms with Gasteiger partial charge >= 0.3 is 5.97 Å². The van der Waals surface area contributed by atoms with Crippen molar-refractivity contribution in [1.82, 2.24) is 0 Å². The number of methoxy groups -OCH3 is 2. The Labute approximate surface area is 160 Å². The molecule has 0 radical (unpaired) electrons. The molecule has 0 amide bonds. The van der Waals surface area contributed by atoms with Gasteiger partial charge in [0.15, 0.2) is 17.2 Å². The summed E-state index contributed by atoms with van der Waals surface area (Å²) in [4.78, 5) is 12.1. The van der Waals surface area contributed by atoms with Gasteiger partial charge in [0.1, 0.15) is 13.2 Å². The number of rotatable bonds is 7. The van der Waals surface area contributed by atoms with Gasteiger partial charge in [-0.2, -0.15) is 0 Å². The zero-order valence-electron chi connectivity index (χ0n) is 13.5. The number of hydrogen-bond donors (Lipinski definition) is 0. The second kappa shape index (κ2) is 9.04. The van der Waals surface area contributed by atoms with Crippen molar-refractivity contribution in [3.8, 4) is 17.2 Å². The first-order valence-electron chi connectivity index (χ1n) is 7.13. The predicted molar refractivity (Wildman–Crippen MR) is 96.8 cm³/mol. The van der Waals surface area contributed by atoms with Crippen molar-refractivity contribution >= 4 is 40.8 Å². The first-order chi connectivity index (χ1) is 12.0. The molecule has 134 valence electrons. The molecule has 0 aliphatic heterocycles. The van der Waals surface area contributed by atoms with Crippen LogP contribution in [0.4, 0.5) is 0 Å². The summed E-state index contributed by atoms with van der Waals surface area (Å²) < 4.78 is 20.9. The monoisotopic (exact) mass is 404 g/mol. The summed E-state index contributed by atoms with van der Waals surface area (Å²) >= 11 is 18.0. The van der Waals surface area contributed by atoms with E-state index in [1.54, 1.807) is 18.2 Å². The summed E-state index contributed by atoms with van der Waals surface area (Å²) in [5, 5.41) is 1.00. The molecule has 0 saturated carbocycles. The maximum atomic E-state index is 12.1. The van der Waals surface area contributed by atoms with E-state index in [-0.39, 0.29) is 23.8 Å². The van der Waals surface area contributed by atoms with Gasteiger partial charge in [0.05, 0.1) is 34.9 Å². The lowest BCUT2D eigenvalue weighted by Crippen LogP contribution is -2.13. The van der Waals surface area contributed by atoms with Gasteiger partial charge < -0.3 is 18.9 Å². The maximum absolute atomic E-state index is 12.1. The largest absolute Gasteiger partial charge is 0.493 e. The van der Waals surface area contributed by atoms with Gasteiger partial charge in [-0.15, -0.1) is 0 Å². The molecule has 0 saturated heterocycles. The van der Waals surface area contributed by atoms with E-state index in [0.717, 1.165) is 0 Å². The van der Waals surface area contributed by atoms with Crippen molar-refractivity contribution in [2.24, 2.45) is 0 Å². The van der Waals surface area contributed by atoms with Crippen molar-refractivity contribution in [2.45, 2.75) is 0 Å². The summed E-state index contributed by atoms with van der Waals surface area (Å²) in [6, 6.07) is 7.94. The van der Waals surface area contributed by atoms with Crippen LogP contribution in [-0.2, 0) is 4.74 Å². The molecular weight excluding hydrogens is 391 g/mol. The number of esters is 1. The van der Waals surface area contributed by atoms with Crippen LogP contribution in [0.3, 0.4) is 0 Å². The molecule has 0 atom stereocenters. The zero-order chi connectivity index (χ0) is 18.4. The minimum Gasteiger partial charge on any atom is -0.493 e. The third-order valence-corrected chi connectivity index (χ3v) is 4.03. The van der Waals surface area contributed by atoms with E-state index in [0.29, 0.717) is 27.3 Å². The molecule has 0 fully saturated rings. The summed E-state index contributed by atoms with van der Waals surface area (Å²) in [5.74, 6) is 0.450. The molecule has 2 aromatic carbocycles. The van der Waals surface area contributed by atoms with Crippen LogP contribution in [0.5, 0.6) is 17.2 Å². The number of para-hydroxylation sites is 1. The molecule has 2 rings (SSSR count). The van der Waals surface area contributed by atoms with Crippen LogP contribution in [0.1, 0.15) is 10.4 Å². The standard InChI is InChI=1S/C17H15Cl3O5/c1-22-14-9-10(8-13(20)16(14)23-2)17(21)25-7-6-24-15-11(18)4-3-5-12(15)19/h3-5,8-9H,6-7H2,1-2H3. The quantitative estimate of drug-likeness (QED) is 0.484. The number of hydrogen-bond acceptors (Lipinski definition) is 5. The molecule has 0 spiro atoms. The van der Waals surface area contributed by atoms with E-state index in [2.05, 4.69) is 0 Å². The summed E-state index contributed by atoms with van der Waals surface area (Å²) in [6.07, 6.45) is 0. The first-order valence-corrected chi connectivity index (χ1v) is 8.26. The van der Waals surface area contributed by atoms with E-state index in [9.17, 15) is 4.79 Å². The molecular formula is C17H15Cl3O5. The molecule has 5 nitrogen and oxygen atoms in total. The van der Waals surface area contributed by atoms with Crippen LogP contribution in [0.15, 0.2) is 30.3 Å². The Morgan fingerprint density at radius 2 is 1.60 bits per heavy atom. The average molecular weight is 406 g/mol. The van der Waals surface area contributed by atoms with E-state index in [4.69, 9.17) is 53.8 Å². The van der Waals surface area contributed by atoms with E-state index in [1.165, 1.54) is 26.4 Å². The molecule has 0 N–H and O–H groups in total. The summed E-state index contributed by atoms with van der Waals surface area (Å²) in [5.41, 5.74) is 0.235. The normalized spacial score (nSPS) is 10.3. The minimum absolute atomic E-state index is 0.00630. The van der Waals surface area contributed by atoms with Gasteiger partial charge in [-0.3, -0.25) is 0 Å². The predicted octanol–water partition coefficient (Wildman–Crippen LogP) is 4.90. The Bertz CT molecular complexity index is 744. The third-order valence-electron chi connectivity index (χ3n) is 3.15. The fourth-order valence-corrected chi connectivity index (χ4v) is 2.81. The van der Waals surface area contributed by atoms with Gasteiger partial charge in [-0.25, -0.2) is 4.79 Å². The molecule has 0 aliphatic carbocycles. The van der Waals surface area contributed by atoms with Crippen LogP contribution < -0.4 is 14.2 Å². The lowest BCUT2D eigenvalue weighted by atomic mass is 10.2. The molecule has 0 aromatic heterocycles. The van der Waals surface area contributed by atoms with Crippen molar-refractivity contribution < 1.29 is 23.7 Å². The highest BCUT2D eigenvalue weighted by molar-refractivity contribution is 6.37. The molecule has 0 unspecified atom stereocenters. The Morgan fingerprint density at radius 1 is 0.920 bits per heavy atom. The first kappa shape index (κ1) is 19.5. The van der Waals surface area contributed by atoms with Crippen LogP contribution in [-0.4, -0.2) is 33.4 Å². The van der Waals surface area contributed by atoms with Gasteiger partial charge in [0.25, 0.3) is 0 Å². The highest BCUT2D eigenvalue weighted by Gasteiger charge is 2.16. The second-order valence-corrected chi connectivity index (χ2v) is 5.95. The Morgan fingerprint density at radius 3 is 2.20 bits per heavy atom. The van der Waals surface area contributed by atoms with Gasteiger partial charge in [-0.1, -0.05) is 40.9 Å². The Hall–Kier alpha value is -1.82. The fraction of sp³-hybridized carbons (Fsp3) is 0.235. The van der Waals surface area contributed by atoms with Gasteiger partial charge in [-0.05, 0) is 24.3 Å². The molecule has 0 bridgehead atoms. The van der Waals surface area contributed by atoms with Crippen molar-refractivity contribution in [2.75, 3.05) is 27.4 Å². The van der Waals surface area contributed by atoms with E-state index in [1.807, 2.05) is 0 Å². The SMILES string of the molecule is COc1cc(C(=O)OCCOc2c(Cl)cccc2Cl)cc(Cl)c1OC. The van der Waals surface area contributed by atoms with Crippen molar-refractivity contribution in [1.29, 1.82) is 0 Å². The maximum Gasteiger partial charge on any atom is 0.338 e. The van der Waals surface area contributed by atoms with Crippen LogP contribution in [0, 0.1) is 0 Å². The number of carbonyl (C=O) groups excluding carboxylic acids is 1. The average Bonchev–Trinajstić information content (AvgIpc) is 2.59. The Kier molecular flexibility index (Phi) is 7.05. The number of ether oxygens (including phenoxy) is 4. The number of benzene rings is 2. The van der Waals surface area contributed by atoms with Gasteiger partial charge in [0, 0.05) is 0 Å². The highest BCUT2D eigenvalue weighted by Crippen LogP contribution is 2.36. The topological polar surface area (TPSA) is 54.0 Å². The molecule has 25 heavy (non-hydrogen) atoms. The van der Waals surface area contributed by atoms with E-state index < -0.39 is 5.97 Å². The molecule has 8 heteroatoms. The third kappa shape index (κ3) is 4.84. The molecule has 2 aromatic rings. The molecule has 0 heterocycles. The fourth-order valence-electron chi connectivity index (χ4n) is 2.02. The minimum atomic E-state index is -0.572. The highest BCUT2D eigenvalue weighted by atomic mass is 35.5. The van der Waals surface area contributed by atoms with Crippen LogP contribution >= 0.6 is 34.8 Å². The van der Waals surface area contributed by atoms with Crippen LogP contribution in [0.2, 0.25) is 15.1 Å². The lowest BCUT2D eigenvalue weighted by molar-refractivity contribution is 0.0450. The van der Waals surface area contributed by atoms with Crippen LogP contribution in [0.25, 0.3) is 0 Å². The Balaban J connectivity index is 1.96. The number of halogens is 3. The van der Waals surface area contributed by atoms with Crippen molar-refractivity contribution in [3.05, 3.63) is 51.0 Å². The smallest absolute Gasteiger partial charge is 0.338 e. The summed E-state index contributed by atoms with van der Waals surface area (Å²) in [6.45, 7) is 0.0998.